The van der Waals surface area contributed by atoms with Gasteiger partial charge in [-0.05, 0) is 25.2 Å². The van der Waals surface area contributed by atoms with E-state index in [-0.39, 0.29) is 17.1 Å². The Balaban J connectivity index is 2.20. The van der Waals surface area contributed by atoms with Gasteiger partial charge >= 0.3 is 0 Å². The quantitative estimate of drug-likeness (QED) is 0.453. The van der Waals surface area contributed by atoms with Gasteiger partial charge in [0.2, 0.25) is 0 Å². The normalized spacial score (nSPS) is 32.8. The van der Waals surface area contributed by atoms with Crippen molar-refractivity contribution in [2.45, 2.75) is 45.4 Å². The van der Waals surface area contributed by atoms with Crippen molar-refractivity contribution in [2.75, 3.05) is 0 Å². The van der Waals surface area contributed by atoms with Crippen molar-refractivity contribution in [2.24, 2.45) is 24.3 Å². The maximum absolute atomic E-state index is 12.6. The molecule has 0 aliphatic heterocycles. The number of Topliss-reactive ketones (excluding diaryl/α,β-unsaturated/α-hetero) is 1. The first-order valence-corrected chi connectivity index (χ1v) is 7.80. The molecule has 4 nitrogen and oxygen atoms in total. The zero-order valence-corrected chi connectivity index (χ0v) is 13.6. The summed E-state index contributed by atoms with van der Waals surface area (Å²) < 4.78 is 1.76. The maximum atomic E-state index is 12.6. The van der Waals surface area contributed by atoms with Crippen LogP contribution in [0, 0.1) is 29.6 Å². The summed E-state index contributed by atoms with van der Waals surface area (Å²) in [6, 6.07) is 0. The van der Waals surface area contributed by atoms with Crippen molar-refractivity contribution in [1.82, 2.24) is 9.78 Å². The van der Waals surface area contributed by atoms with Gasteiger partial charge in [-0.3, -0.25) is 9.48 Å². The highest BCUT2D eigenvalue weighted by Crippen LogP contribution is 2.56. The van der Waals surface area contributed by atoms with Gasteiger partial charge < -0.3 is 4.79 Å². The van der Waals surface area contributed by atoms with Crippen LogP contribution in [-0.4, -0.2) is 21.8 Å². The Morgan fingerprint density at radius 3 is 2.68 bits per heavy atom. The first-order chi connectivity index (χ1) is 10.3. The first kappa shape index (κ1) is 15.0. The minimum atomic E-state index is -0.543. The zero-order valence-electron chi connectivity index (χ0n) is 13.6. The van der Waals surface area contributed by atoms with Crippen LogP contribution in [0.25, 0.3) is 0 Å². The van der Waals surface area contributed by atoms with Gasteiger partial charge in [-0.1, -0.05) is 26.7 Å². The summed E-state index contributed by atoms with van der Waals surface area (Å²) in [5.41, 5.74) is 2.16. The lowest BCUT2D eigenvalue weighted by Gasteiger charge is -2.53. The standard InChI is InChI=1S/C18H22N2O2/c1-6-13-12-7-8-14-17(2,3)16(22)11(10-21)9-18(14,4)15(12)19-20(13)5/h1,10-11,14H,7-9H2,2-5H3/t11?,14-,18-/m0/s1. The molecule has 3 rings (SSSR count). The summed E-state index contributed by atoms with van der Waals surface area (Å²) in [6.45, 7) is 6.10. The molecule has 0 saturated heterocycles. The third-order valence-electron chi connectivity index (χ3n) is 5.93. The Morgan fingerprint density at radius 1 is 1.41 bits per heavy atom. The lowest BCUT2D eigenvalue weighted by Crippen LogP contribution is -2.56. The van der Waals surface area contributed by atoms with Gasteiger partial charge in [0, 0.05) is 23.4 Å². The van der Waals surface area contributed by atoms with E-state index in [9.17, 15) is 9.59 Å². The number of aldehydes is 1. The van der Waals surface area contributed by atoms with Crippen LogP contribution in [0.5, 0.6) is 0 Å². The van der Waals surface area contributed by atoms with Crippen molar-refractivity contribution in [3.05, 3.63) is 17.0 Å². The highest BCUT2D eigenvalue weighted by atomic mass is 16.1. The van der Waals surface area contributed by atoms with Crippen LogP contribution in [0.1, 0.15) is 50.6 Å². The van der Waals surface area contributed by atoms with Crippen molar-refractivity contribution >= 4 is 12.1 Å². The van der Waals surface area contributed by atoms with Crippen LogP contribution in [0.4, 0.5) is 0 Å². The lowest BCUT2D eigenvalue weighted by molar-refractivity contribution is -0.145. The van der Waals surface area contributed by atoms with Crippen molar-refractivity contribution in [3.8, 4) is 12.3 Å². The fourth-order valence-corrected chi connectivity index (χ4v) is 4.92. The monoisotopic (exact) mass is 298 g/mol. The molecule has 1 fully saturated rings. The molecule has 1 saturated carbocycles. The molecule has 2 aliphatic rings. The number of fused-ring (bicyclic) bond motifs is 3. The Morgan fingerprint density at radius 2 is 2.09 bits per heavy atom. The van der Waals surface area contributed by atoms with Crippen molar-refractivity contribution in [1.29, 1.82) is 0 Å². The smallest absolute Gasteiger partial charge is 0.148 e. The molecule has 0 aromatic carbocycles. The molecule has 3 atom stereocenters. The minimum Gasteiger partial charge on any atom is -0.303 e. The van der Waals surface area contributed by atoms with Gasteiger partial charge in [-0.25, -0.2) is 0 Å². The molecule has 1 heterocycles. The molecule has 0 radical (unpaired) electrons. The van der Waals surface area contributed by atoms with Gasteiger partial charge in [0.25, 0.3) is 0 Å². The van der Waals surface area contributed by atoms with Crippen LogP contribution in [0.15, 0.2) is 0 Å². The Labute approximate surface area is 131 Å². The number of terminal acetylenes is 1. The van der Waals surface area contributed by atoms with E-state index in [4.69, 9.17) is 6.42 Å². The number of hydrogen-bond acceptors (Lipinski definition) is 3. The molecule has 116 valence electrons. The van der Waals surface area contributed by atoms with Gasteiger partial charge in [-0.15, -0.1) is 6.42 Å². The highest BCUT2D eigenvalue weighted by molar-refractivity contribution is 5.98. The second kappa shape index (κ2) is 4.55. The molecular weight excluding hydrogens is 276 g/mol. The van der Waals surface area contributed by atoms with E-state index in [1.54, 1.807) is 4.68 Å². The second-order valence-electron chi connectivity index (χ2n) is 7.49. The number of hydrogen-bond donors (Lipinski definition) is 0. The van der Waals surface area contributed by atoms with Gasteiger partial charge in [0.05, 0.1) is 11.6 Å². The fourth-order valence-electron chi connectivity index (χ4n) is 4.92. The van der Waals surface area contributed by atoms with Gasteiger partial charge in [-0.2, -0.15) is 5.10 Å². The molecule has 22 heavy (non-hydrogen) atoms. The number of rotatable bonds is 1. The van der Waals surface area contributed by atoms with Gasteiger partial charge in [0.15, 0.2) is 0 Å². The average Bonchev–Trinajstić information content (AvgIpc) is 2.80. The Kier molecular flexibility index (Phi) is 3.11. The predicted molar refractivity (Wildman–Crippen MR) is 83.3 cm³/mol. The van der Waals surface area contributed by atoms with Crippen molar-refractivity contribution < 1.29 is 9.59 Å². The SMILES string of the molecule is C#Cc1c2c(nn1C)[C@@]1(C)CC(C=O)C(=O)C(C)(C)[C@@H]1CC2. The van der Waals surface area contributed by atoms with Gasteiger partial charge in [0.1, 0.15) is 17.8 Å². The van der Waals surface area contributed by atoms with E-state index in [2.05, 4.69) is 17.9 Å². The minimum absolute atomic E-state index is 0.0709. The van der Waals surface area contributed by atoms with E-state index >= 15 is 0 Å². The fraction of sp³-hybridized carbons (Fsp3) is 0.611. The van der Waals surface area contributed by atoms with Crippen LogP contribution in [-0.2, 0) is 28.5 Å². The maximum Gasteiger partial charge on any atom is 0.148 e. The second-order valence-corrected chi connectivity index (χ2v) is 7.49. The zero-order chi connectivity index (χ0) is 16.3. The topological polar surface area (TPSA) is 52.0 Å². The average molecular weight is 298 g/mol. The largest absolute Gasteiger partial charge is 0.303 e. The number of aryl methyl sites for hydroxylation is 1. The summed E-state index contributed by atoms with van der Waals surface area (Å²) in [5.74, 6) is 2.45. The van der Waals surface area contributed by atoms with E-state index in [0.717, 1.165) is 36.1 Å². The summed E-state index contributed by atoms with van der Waals surface area (Å²) in [4.78, 5) is 24.1. The van der Waals surface area contributed by atoms with E-state index in [0.29, 0.717) is 6.42 Å². The number of carbonyl (C=O) groups excluding carboxylic acids is 2. The molecule has 0 spiro atoms. The molecule has 1 unspecified atom stereocenters. The number of carbonyl (C=O) groups is 2. The van der Waals surface area contributed by atoms with E-state index < -0.39 is 11.3 Å². The molecule has 1 aromatic rings. The number of aromatic nitrogens is 2. The third kappa shape index (κ3) is 1.68. The van der Waals surface area contributed by atoms with E-state index in [1.165, 1.54) is 0 Å². The van der Waals surface area contributed by atoms with Crippen LogP contribution in [0.3, 0.4) is 0 Å². The summed E-state index contributed by atoms with van der Waals surface area (Å²) in [5, 5.41) is 4.68. The molecule has 1 aromatic heterocycles. The Hall–Kier alpha value is -1.89. The summed E-state index contributed by atoms with van der Waals surface area (Å²) in [6.07, 6.45) is 8.75. The number of nitrogens with zero attached hydrogens (tertiary/aromatic N) is 2. The molecule has 0 amide bonds. The first-order valence-electron chi connectivity index (χ1n) is 7.80. The number of ketones is 1. The molecule has 4 heteroatoms. The lowest BCUT2D eigenvalue weighted by atomic mass is 9.49. The molecule has 0 N–H and O–H groups in total. The van der Waals surface area contributed by atoms with Crippen LogP contribution >= 0.6 is 0 Å². The molecule has 2 aliphatic carbocycles. The van der Waals surface area contributed by atoms with Crippen LogP contribution in [0.2, 0.25) is 0 Å². The van der Waals surface area contributed by atoms with E-state index in [1.807, 2.05) is 20.9 Å². The molecular formula is C18H22N2O2. The van der Waals surface area contributed by atoms with Crippen molar-refractivity contribution in [3.63, 3.8) is 0 Å². The summed E-state index contributed by atoms with van der Waals surface area (Å²) in [7, 11) is 1.86. The summed E-state index contributed by atoms with van der Waals surface area (Å²) >= 11 is 0. The third-order valence-corrected chi connectivity index (χ3v) is 5.93. The Bertz CT molecular complexity index is 707. The molecule has 0 bridgehead atoms. The highest BCUT2D eigenvalue weighted by Gasteiger charge is 2.58. The van der Waals surface area contributed by atoms with Crippen LogP contribution < -0.4 is 0 Å². The predicted octanol–water partition coefficient (Wildman–Crippen LogP) is 2.04.